The number of nitrogens with zero attached hydrogens (tertiary/aromatic N) is 1. The highest BCUT2D eigenvalue weighted by atomic mass is 15.3. The Hall–Kier alpha value is -1.08. The highest BCUT2D eigenvalue weighted by Gasteiger charge is 2.16. The van der Waals surface area contributed by atoms with Crippen LogP contribution in [0.4, 0.5) is 0 Å². The van der Waals surface area contributed by atoms with E-state index < -0.39 is 0 Å². The van der Waals surface area contributed by atoms with E-state index in [0.29, 0.717) is 0 Å². The van der Waals surface area contributed by atoms with E-state index in [1.807, 2.05) is 6.08 Å². The molecule has 0 fully saturated rings. The van der Waals surface area contributed by atoms with Crippen LogP contribution in [0.2, 0.25) is 0 Å². The summed E-state index contributed by atoms with van der Waals surface area (Å²) in [5.74, 6) is 0. The van der Waals surface area contributed by atoms with Gasteiger partial charge in [0.1, 0.15) is 6.54 Å². The first-order valence-electron chi connectivity index (χ1n) is 10.1. The summed E-state index contributed by atoms with van der Waals surface area (Å²) in [7, 11) is 4.71. The lowest BCUT2D eigenvalue weighted by Crippen LogP contribution is -2.39. The average Bonchev–Trinajstić information content (AvgIpc) is 2.56. The second-order valence-electron chi connectivity index (χ2n) is 7.90. The van der Waals surface area contributed by atoms with Crippen LogP contribution >= 0.6 is 0 Å². The highest BCUT2D eigenvalue weighted by molar-refractivity contribution is 5.51. The largest absolute Gasteiger partial charge is 0.325 e. The summed E-state index contributed by atoms with van der Waals surface area (Å²) in [5.41, 5.74) is 2.70. The van der Waals surface area contributed by atoms with Crippen LogP contribution in [0.25, 0.3) is 6.08 Å². The van der Waals surface area contributed by atoms with Crippen molar-refractivity contribution in [3.63, 3.8) is 0 Å². The molecule has 0 saturated heterocycles. The molecule has 1 heteroatoms. The van der Waals surface area contributed by atoms with Crippen molar-refractivity contribution in [3.05, 3.63) is 42.0 Å². The van der Waals surface area contributed by atoms with Crippen molar-refractivity contribution in [2.45, 2.75) is 77.7 Å². The van der Waals surface area contributed by atoms with Gasteiger partial charge in [-0.2, -0.15) is 0 Å². The molecule has 0 bridgehead atoms. The van der Waals surface area contributed by atoms with E-state index in [-0.39, 0.29) is 0 Å². The third-order valence-electron chi connectivity index (χ3n) is 4.99. The molecule has 1 nitrogen and oxygen atoms in total. The topological polar surface area (TPSA) is 0 Å². The van der Waals surface area contributed by atoms with Crippen molar-refractivity contribution in [1.29, 1.82) is 0 Å². The van der Waals surface area contributed by atoms with Gasteiger partial charge in [-0.25, -0.2) is 0 Å². The maximum Gasteiger partial charge on any atom is 0.105 e. The van der Waals surface area contributed by atoms with Crippen LogP contribution in [0, 0.1) is 0 Å². The zero-order valence-corrected chi connectivity index (χ0v) is 16.5. The maximum atomic E-state index is 3.94. The smallest absolute Gasteiger partial charge is 0.105 e. The molecule has 0 heterocycles. The lowest BCUT2D eigenvalue weighted by Gasteiger charge is -2.30. The zero-order chi connectivity index (χ0) is 17.7. The SMILES string of the molecule is C=Cc1ccccc1C[N+](C)(C)CCCCCCCCCCCC. The summed E-state index contributed by atoms with van der Waals surface area (Å²) in [6, 6.07) is 8.66. The molecule has 0 atom stereocenters. The monoisotopic (exact) mass is 330 g/mol. The van der Waals surface area contributed by atoms with Crippen LogP contribution in [0.5, 0.6) is 0 Å². The summed E-state index contributed by atoms with van der Waals surface area (Å²) >= 11 is 0. The van der Waals surface area contributed by atoms with Crippen LogP contribution < -0.4 is 0 Å². The van der Waals surface area contributed by atoms with E-state index >= 15 is 0 Å². The van der Waals surface area contributed by atoms with Crippen molar-refractivity contribution < 1.29 is 4.48 Å². The van der Waals surface area contributed by atoms with Gasteiger partial charge < -0.3 is 4.48 Å². The van der Waals surface area contributed by atoms with Crippen molar-refractivity contribution in [3.8, 4) is 0 Å². The Morgan fingerprint density at radius 2 is 1.38 bits per heavy atom. The maximum absolute atomic E-state index is 3.94. The normalized spacial score (nSPS) is 11.6. The van der Waals surface area contributed by atoms with E-state index in [1.165, 1.54) is 81.9 Å². The molecule has 1 aromatic rings. The van der Waals surface area contributed by atoms with Gasteiger partial charge in [0.15, 0.2) is 0 Å². The first-order valence-corrected chi connectivity index (χ1v) is 10.1. The fourth-order valence-electron chi connectivity index (χ4n) is 3.44. The fourth-order valence-corrected chi connectivity index (χ4v) is 3.44. The summed E-state index contributed by atoms with van der Waals surface area (Å²) in [4.78, 5) is 0. The number of unbranched alkanes of at least 4 members (excludes halogenated alkanes) is 9. The van der Waals surface area contributed by atoms with E-state index in [0.717, 1.165) is 11.0 Å². The van der Waals surface area contributed by atoms with Gasteiger partial charge in [0.05, 0.1) is 20.6 Å². The van der Waals surface area contributed by atoms with Gasteiger partial charge in [-0.05, 0) is 18.4 Å². The Morgan fingerprint density at radius 3 is 1.96 bits per heavy atom. The van der Waals surface area contributed by atoms with Crippen LogP contribution in [-0.2, 0) is 6.54 Å². The zero-order valence-electron chi connectivity index (χ0n) is 16.5. The van der Waals surface area contributed by atoms with Crippen molar-refractivity contribution >= 4 is 6.08 Å². The Morgan fingerprint density at radius 1 is 0.833 bits per heavy atom. The number of benzene rings is 1. The van der Waals surface area contributed by atoms with Crippen LogP contribution in [0.1, 0.15) is 82.3 Å². The lowest BCUT2D eigenvalue weighted by atomic mass is 10.1. The van der Waals surface area contributed by atoms with Gasteiger partial charge in [0.25, 0.3) is 0 Å². The summed E-state index contributed by atoms with van der Waals surface area (Å²) in [6.07, 6.45) is 16.1. The van der Waals surface area contributed by atoms with Gasteiger partial charge in [-0.15, -0.1) is 0 Å². The number of hydrogen-bond donors (Lipinski definition) is 0. The summed E-state index contributed by atoms with van der Waals surface area (Å²) in [6.45, 7) is 8.59. The predicted octanol–water partition coefficient (Wildman–Crippen LogP) is 6.83. The molecule has 0 aliphatic carbocycles. The van der Waals surface area contributed by atoms with Crippen LogP contribution in [0.15, 0.2) is 30.8 Å². The third-order valence-corrected chi connectivity index (χ3v) is 4.99. The van der Waals surface area contributed by atoms with E-state index in [1.54, 1.807) is 0 Å². The second-order valence-corrected chi connectivity index (χ2v) is 7.90. The van der Waals surface area contributed by atoms with E-state index in [4.69, 9.17) is 0 Å². The molecule has 1 rings (SSSR count). The minimum Gasteiger partial charge on any atom is -0.325 e. The minimum absolute atomic E-state index is 1.07. The second kappa shape index (κ2) is 12.3. The van der Waals surface area contributed by atoms with Gasteiger partial charge >= 0.3 is 0 Å². The Bertz CT molecular complexity index is 447. The van der Waals surface area contributed by atoms with Crippen LogP contribution in [0.3, 0.4) is 0 Å². The molecule has 0 aliphatic rings. The van der Waals surface area contributed by atoms with Crippen molar-refractivity contribution in [1.82, 2.24) is 0 Å². The molecule has 24 heavy (non-hydrogen) atoms. The molecular formula is C23H40N+. The molecule has 0 aromatic heterocycles. The standard InChI is InChI=1S/C23H40N/c1-5-7-8-9-10-11-12-13-14-17-20-24(3,4)21-23-19-16-15-18-22(23)6-2/h6,15-16,18-19H,2,5,7-14,17,20-21H2,1,3-4H3/q+1. The molecule has 1 aromatic carbocycles. The molecule has 136 valence electrons. The summed E-state index contributed by atoms with van der Waals surface area (Å²) in [5, 5.41) is 0. The first-order chi connectivity index (χ1) is 11.6. The average molecular weight is 331 g/mol. The van der Waals surface area contributed by atoms with E-state index in [9.17, 15) is 0 Å². The number of quaternary nitrogens is 1. The first kappa shape index (κ1) is 21.0. The third kappa shape index (κ3) is 9.27. The Labute approximate surface area is 151 Å². The van der Waals surface area contributed by atoms with Gasteiger partial charge in [-0.1, -0.05) is 95.2 Å². The van der Waals surface area contributed by atoms with Crippen molar-refractivity contribution in [2.24, 2.45) is 0 Å². The molecule has 0 amide bonds. The van der Waals surface area contributed by atoms with Gasteiger partial charge in [0.2, 0.25) is 0 Å². The van der Waals surface area contributed by atoms with Gasteiger partial charge in [0, 0.05) is 5.56 Å². The molecule has 0 saturated carbocycles. The molecule has 0 aliphatic heterocycles. The lowest BCUT2D eigenvalue weighted by molar-refractivity contribution is -0.903. The van der Waals surface area contributed by atoms with E-state index in [2.05, 4.69) is 51.9 Å². The predicted molar refractivity (Wildman–Crippen MR) is 109 cm³/mol. The number of rotatable bonds is 14. The molecule has 0 unspecified atom stereocenters. The summed E-state index contributed by atoms with van der Waals surface area (Å²) < 4.78 is 1.07. The molecule has 0 radical (unpaired) electrons. The van der Waals surface area contributed by atoms with Gasteiger partial charge in [-0.3, -0.25) is 0 Å². The Balaban J connectivity index is 2.14. The minimum atomic E-state index is 1.07. The van der Waals surface area contributed by atoms with Crippen molar-refractivity contribution in [2.75, 3.05) is 20.6 Å². The highest BCUT2D eigenvalue weighted by Crippen LogP contribution is 2.17. The molecule has 0 N–H and O–H groups in total. The Kier molecular flexibility index (Phi) is 10.7. The molecular weight excluding hydrogens is 290 g/mol. The number of hydrogen-bond acceptors (Lipinski definition) is 0. The quantitative estimate of drug-likeness (QED) is 0.259. The fraction of sp³-hybridized carbons (Fsp3) is 0.652. The molecule has 0 spiro atoms. The van der Waals surface area contributed by atoms with Crippen LogP contribution in [-0.4, -0.2) is 25.1 Å².